The van der Waals surface area contributed by atoms with E-state index < -0.39 is 42.1 Å². The molecule has 0 aliphatic carbocycles. The van der Waals surface area contributed by atoms with Crippen molar-refractivity contribution >= 4 is 28.9 Å². The molecule has 0 saturated carbocycles. The smallest absolute Gasteiger partial charge is 0.321 e. The van der Waals surface area contributed by atoms with Gasteiger partial charge in [0.05, 0.1) is 18.8 Å². The molecule has 3 rings (SSSR count). The van der Waals surface area contributed by atoms with Crippen LogP contribution in [0.3, 0.4) is 0 Å². The van der Waals surface area contributed by atoms with Gasteiger partial charge in [-0.25, -0.2) is 9.97 Å². The van der Waals surface area contributed by atoms with Crippen LogP contribution in [0, 0.1) is 0 Å². The van der Waals surface area contributed by atoms with Crippen LogP contribution in [0.2, 0.25) is 0 Å². The number of nitrogens with one attached hydrogen (secondary N) is 1. The number of carbonyl (C=O) groups is 1. The Morgan fingerprint density at radius 1 is 1.44 bits per heavy atom. The molecule has 0 amide bonds. The zero-order chi connectivity index (χ0) is 18.1. The average molecular weight is 371 g/mol. The largest absolute Gasteiger partial charge is 0.480 e. The number of hydrogen-bond donors (Lipinski definition) is 5. The van der Waals surface area contributed by atoms with Crippen LogP contribution in [0.5, 0.6) is 0 Å². The summed E-state index contributed by atoms with van der Waals surface area (Å²) in [5, 5.41) is 29.2. The van der Waals surface area contributed by atoms with Crippen molar-refractivity contribution in [3.8, 4) is 0 Å². The summed E-state index contributed by atoms with van der Waals surface area (Å²) in [6, 6.07) is -1.02. The number of hydrogen-bond acceptors (Lipinski definition) is 9. The molecule has 2 aromatic heterocycles. The van der Waals surface area contributed by atoms with Gasteiger partial charge in [-0.05, 0) is 0 Å². The molecule has 0 radical (unpaired) electrons. The monoisotopic (exact) mass is 371 g/mol. The van der Waals surface area contributed by atoms with Crippen molar-refractivity contribution in [2.75, 3.05) is 11.5 Å². The van der Waals surface area contributed by atoms with Gasteiger partial charge in [-0.2, -0.15) is 11.8 Å². The molecular formula is C13H17N5O6S. The molecule has 0 bridgehead atoms. The van der Waals surface area contributed by atoms with Gasteiger partial charge in [0.25, 0.3) is 5.56 Å². The number of nitrogens with zero attached hydrogens (tertiary/aromatic N) is 3. The van der Waals surface area contributed by atoms with E-state index in [0.717, 1.165) is 0 Å². The van der Waals surface area contributed by atoms with Crippen molar-refractivity contribution < 1.29 is 24.9 Å². The molecule has 1 aliphatic rings. The third kappa shape index (κ3) is 3.39. The SMILES string of the molecule is N[C@@H](CSC[C@H]1O[C@@H](n2cnc3c(=O)[nH]cnc32)[C@H](O)[C@@H]1O)C(=O)O. The lowest BCUT2D eigenvalue weighted by Gasteiger charge is -2.16. The Kier molecular flexibility index (Phi) is 5.06. The van der Waals surface area contributed by atoms with E-state index in [9.17, 15) is 19.8 Å². The first-order chi connectivity index (χ1) is 11.9. The maximum Gasteiger partial charge on any atom is 0.321 e. The minimum Gasteiger partial charge on any atom is -0.480 e. The maximum absolute atomic E-state index is 11.7. The summed E-state index contributed by atoms with van der Waals surface area (Å²) in [5.74, 6) is -0.719. The third-order valence-electron chi connectivity index (χ3n) is 3.87. The number of imidazole rings is 1. The Bertz CT molecular complexity index is 825. The van der Waals surface area contributed by atoms with E-state index in [2.05, 4.69) is 15.0 Å². The van der Waals surface area contributed by atoms with Crippen molar-refractivity contribution in [3.63, 3.8) is 0 Å². The molecule has 12 heteroatoms. The van der Waals surface area contributed by atoms with Crippen LogP contribution in [-0.2, 0) is 9.53 Å². The van der Waals surface area contributed by atoms with Crippen LogP contribution in [0.4, 0.5) is 0 Å². The lowest BCUT2D eigenvalue weighted by molar-refractivity contribution is -0.137. The van der Waals surface area contributed by atoms with Gasteiger partial charge in [0.15, 0.2) is 17.4 Å². The number of aromatic amines is 1. The topological polar surface area (TPSA) is 177 Å². The predicted octanol–water partition coefficient (Wildman–Crippen LogP) is -2.12. The van der Waals surface area contributed by atoms with E-state index in [1.807, 2.05) is 0 Å². The summed E-state index contributed by atoms with van der Waals surface area (Å²) < 4.78 is 7.06. The van der Waals surface area contributed by atoms with E-state index in [1.54, 1.807) is 0 Å². The molecule has 5 atom stereocenters. The molecule has 136 valence electrons. The average Bonchev–Trinajstić information content (AvgIpc) is 3.12. The highest BCUT2D eigenvalue weighted by Gasteiger charge is 2.44. The normalized spacial score (nSPS) is 27.6. The van der Waals surface area contributed by atoms with E-state index in [-0.39, 0.29) is 22.7 Å². The molecule has 6 N–H and O–H groups in total. The number of ether oxygens (including phenoxy) is 1. The fraction of sp³-hybridized carbons (Fsp3) is 0.538. The quantitative estimate of drug-likeness (QED) is 0.377. The molecule has 0 spiro atoms. The van der Waals surface area contributed by atoms with Crippen molar-refractivity contribution in [1.82, 2.24) is 19.5 Å². The van der Waals surface area contributed by atoms with E-state index in [1.165, 1.54) is 29.0 Å². The van der Waals surface area contributed by atoms with Gasteiger partial charge in [-0.1, -0.05) is 0 Å². The molecule has 2 aromatic rings. The molecule has 0 unspecified atom stereocenters. The molecule has 1 aliphatic heterocycles. The van der Waals surface area contributed by atoms with Gasteiger partial charge >= 0.3 is 5.97 Å². The first-order valence-corrected chi connectivity index (χ1v) is 8.53. The Labute approximate surface area is 144 Å². The van der Waals surface area contributed by atoms with Crippen LogP contribution in [0.1, 0.15) is 6.23 Å². The summed E-state index contributed by atoms with van der Waals surface area (Å²) in [4.78, 5) is 32.8. The first kappa shape index (κ1) is 17.8. The Morgan fingerprint density at radius 3 is 2.92 bits per heavy atom. The van der Waals surface area contributed by atoms with Crippen molar-refractivity contribution in [2.24, 2.45) is 5.73 Å². The fourth-order valence-electron chi connectivity index (χ4n) is 2.53. The summed E-state index contributed by atoms with van der Waals surface area (Å²) in [6.07, 6.45) is -1.61. The van der Waals surface area contributed by atoms with E-state index >= 15 is 0 Å². The van der Waals surface area contributed by atoms with Crippen LogP contribution >= 0.6 is 11.8 Å². The number of aliphatic carboxylic acids is 1. The van der Waals surface area contributed by atoms with E-state index in [0.29, 0.717) is 0 Å². The summed E-state index contributed by atoms with van der Waals surface area (Å²) in [5.41, 5.74) is 5.31. The van der Waals surface area contributed by atoms with Gasteiger partial charge in [0, 0.05) is 11.5 Å². The van der Waals surface area contributed by atoms with Gasteiger partial charge in [-0.3, -0.25) is 14.2 Å². The lowest BCUT2D eigenvalue weighted by atomic mass is 10.1. The van der Waals surface area contributed by atoms with Crippen molar-refractivity contribution in [2.45, 2.75) is 30.6 Å². The molecular weight excluding hydrogens is 354 g/mol. The van der Waals surface area contributed by atoms with Gasteiger partial charge < -0.3 is 30.8 Å². The Balaban J connectivity index is 1.72. The van der Waals surface area contributed by atoms with Crippen LogP contribution < -0.4 is 11.3 Å². The second kappa shape index (κ2) is 7.09. The Hall–Kier alpha value is -1.99. The summed E-state index contributed by atoms with van der Waals surface area (Å²) in [7, 11) is 0. The number of rotatable bonds is 6. The second-order valence-corrected chi connectivity index (χ2v) is 6.66. The fourth-order valence-corrected chi connectivity index (χ4v) is 3.57. The predicted molar refractivity (Wildman–Crippen MR) is 87.0 cm³/mol. The minimum absolute atomic E-state index is 0.0954. The molecule has 1 saturated heterocycles. The number of H-pyrrole nitrogens is 1. The number of nitrogens with two attached hydrogens (primary N) is 1. The van der Waals surface area contributed by atoms with Crippen LogP contribution in [0.25, 0.3) is 11.2 Å². The zero-order valence-electron chi connectivity index (χ0n) is 12.8. The number of aliphatic hydroxyl groups excluding tert-OH is 2. The lowest BCUT2D eigenvalue weighted by Crippen LogP contribution is -2.35. The van der Waals surface area contributed by atoms with Gasteiger partial charge in [0.2, 0.25) is 0 Å². The number of carboxylic acids is 1. The van der Waals surface area contributed by atoms with Gasteiger partial charge in [0.1, 0.15) is 18.2 Å². The Morgan fingerprint density at radius 2 is 2.20 bits per heavy atom. The van der Waals surface area contributed by atoms with E-state index in [4.69, 9.17) is 15.6 Å². The maximum atomic E-state index is 11.7. The summed E-state index contributed by atoms with van der Waals surface area (Å²) >= 11 is 1.20. The number of fused-ring (bicyclic) bond motifs is 1. The molecule has 0 aromatic carbocycles. The molecule has 25 heavy (non-hydrogen) atoms. The van der Waals surface area contributed by atoms with Crippen molar-refractivity contribution in [1.29, 1.82) is 0 Å². The number of aliphatic hydroxyl groups is 2. The number of aromatic nitrogens is 4. The highest BCUT2D eigenvalue weighted by Crippen LogP contribution is 2.32. The highest BCUT2D eigenvalue weighted by molar-refractivity contribution is 7.99. The molecule has 1 fully saturated rings. The van der Waals surface area contributed by atoms with Crippen LogP contribution in [-0.4, -0.2) is 76.7 Å². The van der Waals surface area contributed by atoms with Crippen LogP contribution in [0.15, 0.2) is 17.4 Å². The second-order valence-electron chi connectivity index (χ2n) is 5.58. The third-order valence-corrected chi connectivity index (χ3v) is 5.03. The standard InChI is InChI=1S/C13H17N5O6S/c14-5(13(22)23)1-25-2-6-8(19)9(20)12(24-6)18-4-17-7-10(18)15-3-16-11(7)21/h3-6,8-9,12,19-20H,1-2,14H2,(H,22,23)(H,15,16,21)/t5-,6+,8+,9+,12+/m0/s1. The first-order valence-electron chi connectivity index (χ1n) is 7.38. The highest BCUT2D eigenvalue weighted by atomic mass is 32.2. The molecule has 3 heterocycles. The molecule has 11 nitrogen and oxygen atoms in total. The number of thioether (sulfide) groups is 1. The van der Waals surface area contributed by atoms with Gasteiger partial charge in [-0.15, -0.1) is 0 Å². The minimum atomic E-state index is -1.25. The van der Waals surface area contributed by atoms with Crippen molar-refractivity contribution in [3.05, 3.63) is 23.0 Å². The zero-order valence-corrected chi connectivity index (χ0v) is 13.7. The summed E-state index contributed by atoms with van der Waals surface area (Å²) in [6.45, 7) is 0. The number of carboxylic acid groups (broad SMARTS) is 1.